The lowest BCUT2D eigenvalue weighted by Gasteiger charge is -2.31. The number of likely N-dealkylation sites (tertiary alicyclic amines) is 1. The largest absolute Gasteiger partial charge is 0.382 e. The van der Waals surface area contributed by atoms with Crippen LogP contribution in [0.2, 0.25) is 5.02 Å². The van der Waals surface area contributed by atoms with Crippen LogP contribution in [0.4, 0.5) is 10.1 Å². The Kier molecular flexibility index (Phi) is 5.17. The van der Waals surface area contributed by atoms with Crippen molar-refractivity contribution in [2.24, 2.45) is 5.92 Å². The van der Waals surface area contributed by atoms with Gasteiger partial charge in [0.2, 0.25) is 0 Å². The summed E-state index contributed by atoms with van der Waals surface area (Å²) in [5.41, 5.74) is 1.13. The number of halogens is 2. The molecule has 1 N–H and O–H groups in total. The number of piperidine rings is 1. The lowest BCUT2D eigenvalue weighted by molar-refractivity contribution is 0.190. The van der Waals surface area contributed by atoms with Crippen molar-refractivity contribution >= 4 is 28.2 Å². The molecule has 126 valence electrons. The van der Waals surface area contributed by atoms with Crippen molar-refractivity contribution in [2.75, 3.05) is 31.5 Å². The summed E-state index contributed by atoms with van der Waals surface area (Å²) in [6.45, 7) is 6.02. The topological polar surface area (TPSA) is 52.0 Å². The number of nitrogens with one attached hydrogen (secondary N) is 1. The van der Waals surface area contributed by atoms with Crippen molar-refractivity contribution in [3.63, 3.8) is 0 Å². The Morgan fingerprint density at radius 3 is 3.08 bits per heavy atom. The molecule has 0 saturated carbocycles. The van der Waals surface area contributed by atoms with Gasteiger partial charge in [0.25, 0.3) is 0 Å². The van der Waals surface area contributed by atoms with Gasteiger partial charge in [0.05, 0.1) is 16.3 Å². The van der Waals surface area contributed by atoms with Crippen LogP contribution in [0.3, 0.4) is 0 Å². The summed E-state index contributed by atoms with van der Waals surface area (Å²) in [7, 11) is 0. The van der Waals surface area contributed by atoms with E-state index >= 15 is 0 Å². The Bertz CT molecular complexity index is 787. The van der Waals surface area contributed by atoms with Gasteiger partial charge in [-0.15, -0.1) is 0 Å². The maximum Gasteiger partial charge on any atom is 0.149 e. The van der Waals surface area contributed by atoms with Gasteiger partial charge in [-0.3, -0.25) is 4.98 Å². The number of rotatable bonds is 4. The highest BCUT2D eigenvalue weighted by Gasteiger charge is 2.17. The number of fused-ring (bicyclic) bond motifs is 1. The molecule has 1 atom stereocenters. The van der Waals surface area contributed by atoms with Crippen LogP contribution in [-0.2, 0) is 0 Å². The van der Waals surface area contributed by atoms with E-state index in [9.17, 15) is 9.65 Å². The number of anilines is 1. The Hall–Kier alpha value is -1.90. The predicted molar refractivity (Wildman–Crippen MR) is 94.8 cm³/mol. The van der Waals surface area contributed by atoms with Crippen LogP contribution in [0.25, 0.3) is 10.9 Å². The first kappa shape index (κ1) is 16.9. The second-order valence-electron chi connectivity index (χ2n) is 6.39. The molecular formula is C18H20ClFN4. The zero-order valence-corrected chi connectivity index (χ0v) is 14.4. The summed E-state index contributed by atoms with van der Waals surface area (Å²) in [5, 5.41) is 13.5. The molecule has 4 nitrogen and oxygen atoms in total. The number of nitrogens with zero attached hydrogens (tertiary/aromatic N) is 3. The SMILES string of the molecule is CC1CCCN(CCNc2c(C#N)cnc3c(F)ccc(Cl)c23)C1. The van der Waals surface area contributed by atoms with Gasteiger partial charge < -0.3 is 10.2 Å². The van der Waals surface area contributed by atoms with Crippen LogP contribution in [-0.4, -0.2) is 36.1 Å². The van der Waals surface area contributed by atoms with Gasteiger partial charge in [-0.25, -0.2) is 4.39 Å². The molecule has 0 bridgehead atoms. The Balaban J connectivity index is 1.83. The van der Waals surface area contributed by atoms with Gasteiger partial charge >= 0.3 is 0 Å². The van der Waals surface area contributed by atoms with Crippen LogP contribution < -0.4 is 5.32 Å². The predicted octanol–water partition coefficient (Wildman–Crippen LogP) is 4.04. The molecule has 1 unspecified atom stereocenters. The van der Waals surface area contributed by atoms with Crippen molar-refractivity contribution in [3.05, 3.63) is 34.7 Å². The summed E-state index contributed by atoms with van der Waals surface area (Å²) >= 11 is 6.24. The highest BCUT2D eigenvalue weighted by Crippen LogP contribution is 2.33. The van der Waals surface area contributed by atoms with E-state index in [1.165, 1.54) is 31.2 Å². The summed E-state index contributed by atoms with van der Waals surface area (Å²) in [6.07, 6.45) is 3.90. The average molecular weight is 347 g/mol. The zero-order valence-electron chi connectivity index (χ0n) is 13.6. The van der Waals surface area contributed by atoms with Crippen LogP contribution >= 0.6 is 11.6 Å². The van der Waals surface area contributed by atoms with Crippen LogP contribution in [0.1, 0.15) is 25.3 Å². The standard InChI is InChI=1S/C18H20ClFN4/c1-12-3-2-7-24(11-12)8-6-22-17-13(9-21)10-23-18-15(20)5-4-14(19)16(17)18/h4-5,10,12H,2-3,6-8,11H2,1H3,(H,22,23). The Morgan fingerprint density at radius 2 is 2.33 bits per heavy atom. The minimum absolute atomic E-state index is 0.190. The van der Waals surface area contributed by atoms with Crippen molar-refractivity contribution in [1.82, 2.24) is 9.88 Å². The van der Waals surface area contributed by atoms with Crippen molar-refractivity contribution in [2.45, 2.75) is 19.8 Å². The van der Waals surface area contributed by atoms with E-state index in [0.717, 1.165) is 25.6 Å². The van der Waals surface area contributed by atoms with E-state index < -0.39 is 5.82 Å². The van der Waals surface area contributed by atoms with Gasteiger partial charge in [0, 0.05) is 31.2 Å². The van der Waals surface area contributed by atoms with E-state index in [2.05, 4.69) is 28.2 Å². The minimum atomic E-state index is -0.438. The first-order valence-electron chi connectivity index (χ1n) is 8.23. The fraction of sp³-hybridized carbons (Fsp3) is 0.444. The van der Waals surface area contributed by atoms with Gasteiger partial charge in [0.1, 0.15) is 17.4 Å². The second kappa shape index (κ2) is 7.33. The molecule has 3 rings (SSSR count). The molecule has 1 aliphatic heterocycles. The van der Waals surface area contributed by atoms with Crippen LogP contribution in [0, 0.1) is 23.1 Å². The van der Waals surface area contributed by atoms with Gasteiger partial charge in [-0.2, -0.15) is 5.26 Å². The summed E-state index contributed by atoms with van der Waals surface area (Å²) in [5.74, 6) is 0.283. The zero-order chi connectivity index (χ0) is 17.1. The lowest BCUT2D eigenvalue weighted by Crippen LogP contribution is -2.37. The second-order valence-corrected chi connectivity index (χ2v) is 6.79. The quantitative estimate of drug-likeness (QED) is 0.907. The first-order valence-corrected chi connectivity index (χ1v) is 8.61. The molecule has 2 heterocycles. The third kappa shape index (κ3) is 3.45. The monoisotopic (exact) mass is 346 g/mol. The molecule has 2 aromatic rings. The molecule has 1 aromatic carbocycles. The molecule has 6 heteroatoms. The van der Waals surface area contributed by atoms with E-state index in [0.29, 0.717) is 28.2 Å². The van der Waals surface area contributed by atoms with E-state index in [-0.39, 0.29) is 5.52 Å². The molecule has 1 fully saturated rings. The molecule has 24 heavy (non-hydrogen) atoms. The fourth-order valence-corrected chi connectivity index (χ4v) is 3.58. The van der Waals surface area contributed by atoms with Crippen molar-refractivity contribution < 1.29 is 4.39 Å². The smallest absolute Gasteiger partial charge is 0.149 e. The number of nitriles is 1. The van der Waals surface area contributed by atoms with E-state index in [1.807, 2.05) is 0 Å². The van der Waals surface area contributed by atoms with Gasteiger partial charge in [-0.1, -0.05) is 18.5 Å². The third-order valence-electron chi connectivity index (χ3n) is 4.51. The lowest BCUT2D eigenvalue weighted by atomic mass is 10.0. The maximum absolute atomic E-state index is 14.0. The highest BCUT2D eigenvalue weighted by molar-refractivity contribution is 6.36. The van der Waals surface area contributed by atoms with E-state index in [4.69, 9.17) is 11.6 Å². The van der Waals surface area contributed by atoms with Crippen molar-refractivity contribution in [3.8, 4) is 6.07 Å². The fourth-order valence-electron chi connectivity index (χ4n) is 3.33. The molecular weight excluding hydrogens is 327 g/mol. The Morgan fingerprint density at radius 1 is 1.50 bits per heavy atom. The number of aromatic nitrogens is 1. The summed E-state index contributed by atoms with van der Waals surface area (Å²) in [6, 6.07) is 4.90. The number of benzene rings is 1. The minimum Gasteiger partial charge on any atom is -0.382 e. The van der Waals surface area contributed by atoms with E-state index in [1.54, 1.807) is 0 Å². The molecule has 1 aliphatic rings. The van der Waals surface area contributed by atoms with Crippen LogP contribution in [0.15, 0.2) is 18.3 Å². The molecule has 0 spiro atoms. The summed E-state index contributed by atoms with van der Waals surface area (Å²) < 4.78 is 14.0. The number of hydrogen-bond donors (Lipinski definition) is 1. The Labute approximate surface area is 146 Å². The van der Waals surface area contributed by atoms with Gasteiger partial charge in [-0.05, 0) is 37.4 Å². The summed E-state index contributed by atoms with van der Waals surface area (Å²) in [4.78, 5) is 6.46. The van der Waals surface area contributed by atoms with Gasteiger partial charge in [0.15, 0.2) is 0 Å². The normalized spacial score (nSPS) is 18.5. The maximum atomic E-state index is 14.0. The number of pyridine rings is 1. The van der Waals surface area contributed by atoms with Crippen LogP contribution in [0.5, 0.6) is 0 Å². The number of hydrogen-bond acceptors (Lipinski definition) is 4. The highest BCUT2D eigenvalue weighted by atomic mass is 35.5. The molecule has 0 aliphatic carbocycles. The third-order valence-corrected chi connectivity index (χ3v) is 4.83. The molecule has 0 amide bonds. The molecule has 1 saturated heterocycles. The molecule has 1 aromatic heterocycles. The average Bonchev–Trinajstić information content (AvgIpc) is 2.58. The first-order chi connectivity index (χ1) is 11.6. The van der Waals surface area contributed by atoms with Crippen molar-refractivity contribution in [1.29, 1.82) is 5.26 Å². The molecule has 0 radical (unpaired) electrons.